The van der Waals surface area contributed by atoms with Crippen LogP contribution in [0.5, 0.6) is 0 Å². The first-order chi connectivity index (χ1) is 16.0. The van der Waals surface area contributed by atoms with E-state index in [2.05, 4.69) is 37.9 Å². The van der Waals surface area contributed by atoms with E-state index in [4.69, 9.17) is 0 Å². The van der Waals surface area contributed by atoms with Crippen molar-refractivity contribution < 1.29 is 9.90 Å². The maximum Gasteiger partial charge on any atom is 0.407 e. The highest BCUT2D eigenvalue weighted by Crippen LogP contribution is 2.38. The van der Waals surface area contributed by atoms with Gasteiger partial charge in [-0.05, 0) is 25.3 Å². The third-order valence-electron chi connectivity index (χ3n) is 7.17. The minimum atomic E-state index is -0.820. The summed E-state index contributed by atoms with van der Waals surface area (Å²) in [5.74, 6) is 0. The van der Waals surface area contributed by atoms with Crippen molar-refractivity contribution in [1.82, 2.24) is 34.5 Å². The first kappa shape index (κ1) is 21.4. The first-order valence-electron chi connectivity index (χ1n) is 11.5. The third kappa shape index (κ3) is 3.72. The second-order valence-electron chi connectivity index (χ2n) is 9.20. The first-order valence-corrected chi connectivity index (χ1v) is 11.5. The second-order valence-corrected chi connectivity index (χ2v) is 9.20. The molecule has 0 saturated carbocycles. The van der Waals surface area contributed by atoms with Gasteiger partial charge in [0.25, 0.3) is 0 Å². The van der Waals surface area contributed by atoms with E-state index in [-0.39, 0.29) is 11.6 Å². The fourth-order valence-corrected chi connectivity index (χ4v) is 5.48. The van der Waals surface area contributed by atoms with Crippen molar-refractivity contribution in [2.45, 2.75) is 56.7 Å². The predicted octanol–water partition coefficient (Wildman–Crippen LogP) is 3.06. The number of nitrogens with one attached hydrogen (secondary N) is 1. The smallest absolute Gasteiger partial charge is 0.407 e. The minimum Gasteiger partial charge on any atom is -0.465 e. The number of aromatic amines is 1. The Kier molecular flexibility index (Phi) is 5.50. The molecule has 2 atom stereocenters. The molecule has 10 nitrogen and oxygen atoms in total. The lowest BCUT2D eigenvalue weighted by Gasteiger charge is -2.54. The lowest BCUT2D eigenvalue weighted by Crippen LogP contribution is -2.67. The van der Waals surface area contributed by atoms with Crippen molar-refractivity contribution in [3.63, 3.8) is 0 Å². The summed E-state index contributed by atoms with van der Waals surface area (Å²) in [6.45, 7) is 4.14. The molecule has 5 rings (SSSR count). The van der Waals surface area contributed by atoms with Crippen molar-refractivity contribution >= 4 is 17.1 Å². The van der Waals surface area contributed by atoms with Gasteiger partial charge in [-0.25, -0.2) is 14.8 Å². The number of carbonyl (C=O) groups is 1. The summed E-state index contributed by atoms with van der Waals surface area (Å²) < 4.78 is 1.93. The molecule has 0 aromatic carbocycles. The van der Waals surface area contributed by atoms with Gasteiger partial charge in [-0.1, -0.05) is 13.3 Å². The van der Waals surface area contributed by atoms with Gasteiger partial charge in [0.15, 0.2) is 0 Å². The third-order valence-corrected chi connectivity index (χ3v) is 7.17. The fraction of sp³-hybridized carbons (Fsp3) is 0.522. The molecular formula is C23H28N8O2. The van der Waals surface area contributed by atoms with Gasteiger partial charge in [0.1, 0.15) is 17.5 Å². The van der Waals surface area contributed by atoms with E-state index in [1.165, 1.54) is 6.33 Å². The Morgan fingerprint density at radius 1 is 1.39 bits per heavy atom. The molecule has 2 N–H and O–H groups in total. The topological polar surface area (TPSA) is 127 Å². The normalized spacial score (nSPS) is 22.7. The van der Waals surface area contributed by atoms with Crippen LogP contribution in [0.2, 0.25) is 0 Å². The number of nitriles is 1. The van der Waals surface area contributed by atoms with Gasteiger partial charge in [-0.2, -0.15) is 10.4 Å². The minimum absolute atomic E-state index is 0.0649. The summed E-state index contributed by atoms with van der Waals surface area (Å²) in [5, 5.41) is 24.7. The summed E-state index contributed by atoms with van der Waals surface area (Å²) in [6.07, 6.45) is 10.2. The molecule has 0 radical (unpaired) electrons. The number of aromatic nitrogens is 5. The van der Waals surface area contributed by atoms with E-state index < -0.39 is 6.09 Å². The Morgan fingerprint density at radius 3 is 3.00 bits per heavy atom. The zero-order valence-electron chi connectivity index (χ0n) is 18.7. The lowest BCUT2D eigenvalue weighted by molar-refractivity contribution is -0.0506. The molecule has 0 aliphatic carbocycles. The highest BCUT2D eigenvalue weighted by atomic mass is 16.4. The number of fused-ring (bicyclic) bond motifs is 1. The van der Waals surface area contributed by atoms with Crippen molar-refractivity contribution in [2.24, 2.45) is 0 Å². The van der Waals surface area contributed by atoms with Gasteiger partial charge in [-0.3, -0.25) is 9.58 Å². The van der Waals surface area contributed by atoms with Gasteiger partial charge in [0, 0.05) is 55.1 Å². The molecule has 172 valence electrons. The molecular weight excluding hydrogens is 420 g/mol. The van der Waals surface area contributed by atoms with Crippen molar-refractivity contribution in [1.29, 1.82) is 5.26 Å². The molecule has 2 aliphatic heterocycles. The Morgan fingerprint density at radius 2 is 2.24 bits per heavy atom. The zero-order valence-corrected chi connectivity index (χ0v) is 18.7. The second kappa shape index (κ2) is 8.48. The van der Waals surface area contributed by atoms with E-state index in [1.54, 1.807) is 11.1 Å². The van der Waals surface area contributed by atoms with Gasteiger partial charge in [-0.15, -0.1) is 0 Å². The average molecular weight is 449 g/mol. The van der Waals surface area contributed by atoms with Crippen LogP contribution in [0.1, 0.15) is 39.0 Å². The lowest BCUT2D eigenvalue weighted by atomic mass is 9.82. The maximum atomic E-state index is 11.6. The van der Waals surface area contributed by atoms with E-state index >= 15 is 0 Å². The molecule has 0 bridgehead atoms. The number of piperidine rings is 1. The van der Waals surface area contributed by atoms with Crippen LogP contribution in [0, 0.1) is 11.3 Å². The summed E-state index contributed by atoms with van der Waals surface area (Å²) in [7, 11) is 0. The Hall–Kier alpha value is -3.45. The van der Waals surface area contributed by atoms with Crippen LogP contribution in [0.3, 0.4) is 0 Å². The number of rotatable bonds is 6. The summed E-state index contributed by atoms with van der Waals surface area (Å²) in [5.41, 5.74) is 2.13. The highest BCUT2D eigenvalue weighted by molar-refractivity contribution is 5.90. The van der Waals surface area contributed by atoms with Crippen molar-refractivity contribution in [3.8, 4) is 17.3 Å². The standard InChI is InChI=1S/C23H28N8O2/c1-2-3-18-10-17(5-9-30(18)22(32)33)29-13-23(14-29,6-7-24)31-12-16(11-28-31)20-19-4-8-25-21(19)27-15-26-20/h4,8,11-12,15,17-18H,2-3,5-6,9-10,13-14H2,1H3,(H,32,33)(H,25,26,27). The molecule has 2 fully saturated rings. The largest absolute Gasteiger partial charge is 0.465 e. The highest BCUT2D eigenvalue weighted by Gasteiger charge is 2.49. The molecule has 5 heterocycles. The Bertz CT molecular complexity index is 1190. The van der Waals surface area contributed by atoms with E-state index in [1.807, 2.05) is 23.1 Å². The monoisotopic (exact) mass is 448 g/mol. The number of hydrogen-bond donors (Lipinski definition) is 2. The maximum absolute atomic E-state index is 11.6. The van der Waals surface area contributed by atoms with Crippen LogP contribution < -0.4 is 0 Å². The number of hydrogen-bond acceptors (Lipinski definition) is 6. The fourth-order valence-electron chi connectivity index (χ4n) is 5.48. The molecule has 2 aliphatic rings. The molecule has 10 heteroatoms. The van der Waals surface area contributed by atoms with Crippen LogP contribution in [0.4, 0.5) is 4.79 Å². The zero-order chi connectivity index (χ0) is 23.0. The van der Waals surface area contributed by atoms with Crippen LogP contribution in [-0.2, 0) is 5.54 Å². The van der Waals surface area contributed by atoms with Crippen LogP contribution >= 0.6 is 0 Å². The predicted molar refractivity (Wildman–Crippen MR) is 121 cm³/mol. The van der Waals surface area contributed by atoms with E-state index in [0.717, 1.165) is 61.1 Å². The van der Waals surface area contributed by atoms with E-state index in [0.29, 0.717) is 19.0 Å². The molecule has 3 aromatic heterocycles. The number of carboxylic acid groups (broad SMARTS) is 1. The van der Waals surface area contributed by atoms with Gasteiger partial charge in [0.05, 0.1) is 24.4 Å². The van der Waals surface area contributed by atoms with Crippen LogP contribution in [0.25, 0.3) is 22.3 Å². The molecule has 2 unspecified atom stereocenters. The molecule has 0 spiro atoms. The molecule has 2 saturated heterocycles. The Balaban J connectivity index is 1.33. The van der Waals surface area contributed by atoms with Crippen LogP contribution in [0.15, 0.2) is 31.0 Å². The summed E-state index contributed by atoms with van der Waals surface area (Å²) >= 11 is 0. The number of amides is 1. The number of H-pyrrole nitrogens is 1. The molecule has 3 aromatic rings. The number of likely N-dealkylation sites (tertiary alicyclic amines) is 2. The van der Waals surface area contributed by atoms with E-state index in [9.17, 15) is 15.2 Å². The molecule has 1 amide bonds. The molecule has 33 heavy (non-hydrogen) atoms. The van der Waals surface area contributed by atoms with Gasteiger partial charge < -0.3 is 15.0 Å². The average Bonchev–Trinajstić information content (AvgIpc) is 3.46. The number of nitrogens with zero attached hydrogens (tertiary/aromatic N) is 7. The van der Waals surface area contributed by atoms with Gasteiger partial charge >= 0.3 is 6.09 Å². The van der Waals surface area contributed by atoms with Crippen molar-refractivity contribution in [2.75, 3.05) is 19.6 Å². The summed E-state index contributed by atoms with van der Waals surface area (Å²) in [6, 6.07) is 4.71. The Labute approximate surface area is 191 Å². The quantitative estimate of drug-likeness (QED) is 0.593. The SMILES string of the molecule is CCCC1CC(N2CC(CC#N)(n3cc(-c4ncnc5[nH]ccc45)cn3)C2)CCN1C(=O)O. The van der Waals surface area contributed by atoms with Crippen molar-refractivity contribution in [3.05, 3.63) is 31.0 Å². The van der Waals surface area contributed by atoms with Crippen LogP contribution in [-0.4, -0.2) is 77.4 Å². The van der Waals surface area contributed by atoms with Gasteiger partial charge in [0.2, 0.25) is 0 Å². The summed E-state index contributed by atoms with van der Waals surface area (Å²) in [4.78, 5) is 27.4.